The number of fused-ring (bicyclic) bond motifs is 1. The van der Waals surface area contributed by atoms with Crippen LogP contribution in [0.4, 0.5) is 5.69 Å². The highest BCUT2D eigenvalue weighted by Crippen LogP contribution is 2.38. The predicted molar refractivity (Wildman–Crippen MR) is 111 cm³/mol. The van der Waals surface area contributed by atoms with Crippen LogP contribution in [0.2, 0.25) is 0 Å². The summed E-state index contributed by atoms with van der Waals surface area (Å²) in [7, 11) is 1.55. The fourth-order valence-corrected chi connectivity index (χ4v) is 4.64. The minimum absolute atomic E-state index is 0.0299. The molecule has 0 bridgehead atoms. The van der Waals surface area contributed by atoms with E-state index in [-0.39, 0.29) is 55.0 Å². The molecule has 0 aromatic heterocycles. The molecule has 1 saturated carbocycles. The van der Waals surface area contributed by atoms with Crippen molar-refractivity contribution in [2.24, 2.45) is 11.8 Å². The van der Waals surface area contributed by atoms with E-state index in [2.05, 4.69) is 5.32 Å². The second-order valence-corrected chi connectivity index (χ2v) is 8.42. The second kappa shape index (κ2) is 9.43. The van der Waals surface area contributed by atoms with Gasteiger partial charge in [0.15, 0.2) is 0 Å². The molecule has 2 aliphatic rings. The van der Waals surface area contributed by atoms with Gasteiger partial charge in [-0.05, 0) is 31.2 Å². The number of hydrogen-bond donors (Lipinski definition) is 1. The van der Waals surface area contributed by atoms with Gasteiger partial charge in [-0.3, -0.25) is 24.1 Å². The number of benzene rings is 1. The molecule has 29 heavy (non-hydrogen) atoms. The molecular weight excluding hydrogens is 390 g/mol. The van der Waals surface area contributed by atoms with Crippen LogP contribution in [0.1, 0.15) is 32.1 Å². The molecule has 2 atom stereocenters. The lowest BCUT2D eigenvalue weighted by Gasteiger charge is -2.19. The lowest BCUT2D eigenvalue weighted by atomic mass is 9.81. The van der Waals surface area contributed by atoms with Crippen molar-refractivity contribution in [1.82, 2.24) is 9.80 Å². The van der Waals surface area contributed by atoms with E-state index in [4.69, 9.17) is 0 Å². The van der Waals surface area contributed by atoms with Gasteiger partial charge in [0.05, 0.1) is 24.1 Å². The monoisotopic (exact) mass is 417 g/mol. The molecule has 1 aliphatic carbocycles. The molecule has 4 amide bonds. The van der Waals surface area contributed by atoms with Crippen LogP contribution in [0.5, 0.6) is 0 Å². The first-order chi connectivity index (χ1) is 13.9. The van der Waals surface area contributed by atoms with Gasteiger partial charge in [-0.25, -0.2) is 0 Å². The fourth-order valence-electron chi connectivity index (χ4n) is 4.09. The number of nitrogens with zero attached hydrogens (tertiary/aromatic N) is 2. The Bertz CT molecular complexity index is 789. The Balaban J connectivity index is 1.50. The van der Waals surface area contributed by atoms with Crippen LogP contribution in [0.15, 0.2) is 29.2 Å². The standard InChI is InChI=1S/C21H27N3O4S/c1-23(13-18(25)22-16-9-5-6-10-17(16)29-2)19(26)11-12-24-20(27)14-7-3-4-8-15(14)21(24)28/h5-6,9-10,14-15H,3-4,7-8,11-13H2,1-2H3,(H,22,25)/t14-,15-/m1/s1. The van der Waals surface area contributed by atoms with Crippen molar-refractivity contribution in [2.75, 3.05) is 31.7 Å². The van der Waals surface area contributed by atoms with Gasteiger partial charge in [-0.1, -0.05) is 25.0 Å². The third kappa shape index (κ3) is 4.80. The summed E-state index contributed by atoms with van der Waals surface area (Å²) in [5.41, 5.74) is 0.710. The molecular formula is C21H27N3O4S. The number of amides is 4. The van der Waals surface area contributed by atoms with E-state index >= 15 is 0 Å². The lowest BCUT2D eigenvalue weighted by Crippen LogP contribution is -2.38. The lowest BCUT2D eigenvalue weighted by molar-refractivity contribution is -0.141. The highest BCUT2D eigenvalue weighted by atomic mass is 32.2. The number of para-hydroxylation sites is 1. The predicted octanol–water partition coefficient (Wildman–Crippen LogP) is 2.37. The number of carbonyl (C=O) groups is 4. The zero-order valence-corrected chi connectivity index (χ0v) is 17.7. The summed E-state index contributed by atoms with van der Waals surface area (Å²) in [5, 5.41) is 2.82. The Kier molecular flexibility index (Phi) is 6.95. The quantitative estimate of drug-likeness (QED) is 0.544. The van der Waals surface area contributed by atoms with Crippen LogP contribution >= 0.6 is 11.8 Å². The number of nitrogens with one attached hydrogen (secondary N) is 1. The van der Waals surface area contributed by atoms with Gasteiger partial charge in [-0.2, -0.15) is 0 Å². The first kappa shape index (κ1) is 21.4. The Labute approximate surface area is 175 Å². The van der Waals surface area contributed by atoms with Gasteiger partial charge in [0.2, 0.25) is 23.6 Å². The molecule has 1 aromatic rings. The summed E-state index contributed by atoms with van der Waals surface area (Å²) in [5.74, 6) is -1.24. The third-order valence-electron chi connectivity index (χ3n) is 5.67. The SMILES string of the molecule is CSc1ccccc1NC(=O)CN(C)C(=O)CCN1C(=O)[C@@H]2CCCC[C@H]2C1=O. The average Bonchev–Trinajstić information content (AvgIpc) is 2.97. The molecule has 0 radical (unpaired) electrons. The van der Waals surface area contributed by atoms with Crippen molar-refractivity contribution in [3.8, 4) is 0 Å². The minimum Gasteiger partial charge on any atom is -0.336 e. The first-order valence-corrected chi connectivity index (χ1v) is 11.2. The van der Waals surface area contributed by atoms with E-state index in [0.29, 0.717) is 5.69 Å². The summed E-state index contributed by atoms with van der Waals surface area (Å²) >= 11 is 1.53. The van der Waals surface area contributed by atoms with Crippen LogP contribution in [0.25, 0.3) is 0 Å². The maximum absolute atomic E-state index is 12.5. The molecule has 8 heteroatoms. The zero-order valence-electron chi connectivity index (χ0n) is 16.8. The first-order valence-electron chi connectivity index (χ1n) is 9.94. The van der Waals surface area contributed by atoms with Crippen molar-refractivity contribution in [2.45, 2.75) is 37.0 Å². The van der Waals surface area contributed by atoms with E-state index in [9.17, 15) is 19.2 Å². The average molecular weight is 418 g/mol. The number of anilines is 1. The highest BCUT2D eigenvalue weighted by molar-refractivity contribution is 7.98. The van der Waals surface area contributed by atoms with Crippen molar-refractivity contribution < 1.29 is 19.2 Å². The number of likely N-dealkylation sites (tertiary alicyclic amines) is 1. The molecule has 2 fully saturated rings. The molecule has 3 rings (SSSR count). The summed E-state index contributed by atoms with van der Waals surface area (Å²) in [6.07, 6.45) is 5.43. The molecule has 1 heterocycles. The molecule has 1 aromatic carbocycles. The molecule has 1 N–H and O–H groups in total. The smallest absolute Gasteiger partial charge is 0.244 e. The molecule has 0 unspecified atom stereocenters. The van der Waals surface area contributed by atoms with Crippen molar-refractivity contribution >= 4 is 41.1 Å². The van der Waals surface area contributed by atoms with Gasteiger partial charge in [0, 0.05) is 24.9 Å². The van der Waals surface area contributed by atoms with Gasteiger partial charge in [-0.15, -0.1) is 11.8 Å². The van der Waals surface area contributed by atoms with Crippen LogP contribution < -0.4 is 5.32 Å². The van der Waals surface area contributed by atoms with E-state index in [0.717, 1.165) is 30.6 Å². The van der Waals surface area contributed by atoms with Gasteiger partial charge in [0.1, 0.15) is 0 Å². The Morgan fingerprint density at radius 1 is 1.14 bits per heavy atom. The normalized spacial score (nSPS) is 21.1. The van der Waals surface area contributed by atoms with Crippen molar-refractivity contribution in [3.05, 3.63) is 24.3 Å². The topological polar surface area (TPSA) is 86.8 Å². The zero-order chi connectivity index (χ0) is 21.0. The summed E-state index contributed by atoms with van der Waals surface area (Å²) < 4.78 is 0. The largest absolute Gasteiger partial charge is 0.336 e. The Morgan fingerprint density at radius 2 is 1.76 bits per heavy atom. The van der Waals surface area contributed by atoms with Gasteiger partial charge >= 0.3 is 0 Å². The summed E-state index contributed by atoms with van der Waals surface area (Å²) in [6.45, 7) is -0.000537. The number of rotatable bonds is 7. The maximum atomic E-state index is 12.5. The Morgan fingerprint density at radius 3 is 2.38 bits per heavy atom. The maximum Gasteiger partial charge on any atom is 0.244 e. The Hall–Kier alpha value is -2.35. The van der Waals surface area contributed by atoms with E-state index in [1.54, 1.807) is 7.05 Å². The van der Waals surface area contributed by atoms with E-state index < -0.39 is 0 Å². The number of thioether (sulfide) groups is 1. The summed E-state index contributed by atoms with van der Waals surface area (Å²) in [4.78, 5) is 53.2. The van der Waals surface area contributed by atoms with E-state index in [1.807, 2.05) is 30.5 Å². The minimum atomic E-state index is -0.290. The van der Waals surface area contributed by atoms with Crippen LogP contribution in [0.3, 0.4) is 0 Å². The number of imide groups is 1. The van der Waals surface area contributed by atoms with Gasteiger partial charge < -0.3 is 10.2 Å². The second-order valence-electron chi connectivity index (χ2n) is 7.57. The highest BCUT2D eigenvalue weighted by Gasteiger charge is 2.47. The molecule has 0 spiro atoms. The molecule has 1 aliphatic heterocycles. The molecule has 156 valence electrons. The van der Waals surface area contributed by atoms with Gasteiger partial charge in [0.25, 0.3) is 0 Å². The molecule has 1 saturated heterocycles. The third-order valence-corrected chi connectivity index (χ3v) is 6.47. The molecule has 7 nitrogen and oxygen atoms in total. The van der Waals surface area contributed by atoms with Crippen molar-refractivity contribution in [1.29, 1.82) is 0 Å². The number of hydrogen-bond acceptors (Lipinski definition) is 5. The van der Waals surface area contributed by atoms with Crippen molar-refractivity contribution in [3.63, 3.8) is 0 Å². The number of likely N-dealkylation sites (N-methyl/N-ethyl adjacent to an activating group) is 1. The summed E-state index contributed by atoms with van der Waals surface area (Å²) in [6, 6.07) is 7.46. The fraction of sp³-hybridized carbons (Fsp3) is 0.524. The number of carbonyl (C=O) groups excluding carboxylic acids is 4. The van der Waals surface area contributed by atoms with E-state index in [1.165, 1.54) is 21.6 Å². The van der Waals surface area contributed by atoms with Crippen LogP contribution in [0, 0.1) is 11.8 Å². The van der Waals surface area contributed by atoms with Crippen LogP contribution in [-0.2, 0) is 19.2 Å². The van der Waals surface area contributed by atoms with Crippen LogP contribution in [-0.4, -0.2) is 59.8 Å².